The van der Waals surface area contributed by atoms with E-state index >= 15 is 0 Å². The van der Waals surface area contributed by atoms with E-state index in [1.807, 2.05) is 31.2 Å². The van der Waals surface area contributed by atoms with Crippen molar-refractivity contribution in [3.63, 3.8) is 0 Å². The van der Waals surface area contributed by atoms with Gasteiger partial charge in [0.15, 0.2) is 11.5 Å². The monoisotopic (exact) mass is 387 g/mol. The molecule has 3 aromatic heterocycles. The largest absolute Gasteiger partial charge is 0.425 e. The first-order chi connectivity index (χ1) is 14.2. The van der Waals surface area contributed by atoms with Gasteiger partial charge in [-0.15, -0.1) is 0 Å². The van der Waals surface area contributed by atoms with Gasteiger partial charge in [-0.25, -0.2) is 19.7 Å². The maximum atomic E-state index is 12.7. The van der Waals surface area contributed by atoms with Gasteiger partial charge in [-0.05, 0) is 49.6 Å². The number of nitrogens with zero attached hydrogens (tertiary/aromatic N) is 3. The Hall–Kier alpha value is -3.48. The lowest BCUT2D eigenvalue weighted by Gasteiger charge is -2.21. The highest BCUT2D eigenvalue weighted by molar-refractivity contribution is 5.94. The molecule has 1 aliphatic carbocycles. The zero-order chi connectivity index (χ0) is 19.8. The molecule has 3 heterocycles. The van der Waals surface area contributed by atoms with Crippen molar-refractivity contribution in [3.8, 4) is 0 Å². The predicted octanol–water partition coefficient (Wildman–Crippen LogP) is 4.59. The number of H-pyrrole nitrogens is 1. The molecular weight excluding hydrogens is 366 g/mol. The Labute approximate surface area is 166 Å². The molecule has 5 rings (SSSR count). The molecule has 0 radical (unpaired) electrons. The maximum Gasteiger partial charge on any atom is 0.343 e. The lowest BCUT2D eigenvalue weighted by molar-refractivity contribution is 0.448. The molecule has 7 heteroatoms. The van der Waals surface area contributed by atoms with Crippen LogP contribution in [0.3, 0.4) is 0 Å². The molecule has 7 nitrogen and oxygen atoms in total. The molecule has 1 aromatic carbocycles. The van der Waals surface area contributed by atoms with Crippen LogP contribution in [0, 0.1) is 0 Å². The molecule has 146 valence electrons. The lowest BCUT2D eigenvalue weighted by atomic mass is 9.89. The zero-order valence-electron chi connectivity index (χ0n) is 16.1. The van der Waals surface area contributed by atoms with Crippen LogP contribution in [0.1, 0.15) is 50.0 Å². The Kier molecular flexibility index (Phi) is 4.35. The number of aromatic amines is 1. The fraction of sp³-hybridized carbons (Fsp3) is 0.273. The van der Waals surface area contributed by atoms with Gasteiger partial charge >= 0.3 is 5.63 Å². The number of allylic oxidation sites excluding steroid dienone is 2. The number of hydrogen-bond acceptors (Lipinski definition) is 6. The molecule has 0 amide bonds. The van der Waals surface area contributed by atoms with Crippen LogP contribution in [0.15, 0.2) is 52.2 Å². The number of rotatable bonds is 4. The molecule has 0 spiro atoms. The van der Waals surface area contributed by atoms with Gasteiger partial charge in [0.05, 0.1) is 17.8 Å². The van der Waals surface area contributed by atoms with E-state index in [0.717, 1.165) is 30.2 Å². The van der Waals surface area contributed by atoms with Crippen molar-refractivity contribution in [1.82, 2.24) is 19.9 Å². The fourth-order valence-electron chi connectivity index (χ4n) is 4.06. The topological polar surface area (TPSA) is 96.7 Å². The summed E-state index contributed by atoms with van der Waals surface area (Å²) in [5, 5.41) is 4.92. The standard InChI is InChI=1S/C22H21N5O2/c1-13(27-21-18-20(24-11-23-18)25-12-26-21)19-17(14-7-3-2-4-8-14)15-9-5-6-10-16(15)22(28)29-19/h5-7,9-13H,2-4,8H2,1H3,(H2,23,24,25,26,27). The summed E-state index contributed by atoms with van der Waals surface area (Å²) in [6, 6.07) is 7.39. The molecule has 0 saturated heterocycles. The minimum Gasteiger partial charge on any atom is -0.425 e. The van der Waals surface area contributed by atoms with Crippen LogP contribution in [0.4, 0.5) is 5.82 Å². The maximum absolute atomic E-state index is 12.7. The number of nitrogens with one attached hydrogen (secondary N) is 2. The van der Waals surface area contributed by atoms with Crippen LogP contribution < -0.4 is 10.9 Å². The van der Waals surface area contributed by atoms with Crippen molar-refractivity contribution in [1.29, 1.82) is 0 Å². The molecular formula is C22H21N5O2. The number of aromatic nitrogens is 4. The third kappa shape index (κ3) is 3.08. The van der Waals surface area contributed by atoms with Gasteiger partial charge in [-0.1, -0.05) is 24.3 Å². The zero-order valence-corrected chi connectivity index (χ0v) is 16.1. The number of imidazole rings is 1. The first-order valence-electron chi connectivity index (χ1n) is 9.88. The third-order valence-corrected chi connectivity index (χ3v) is 5.44. The van der Waals surface area contributed by atoms with Gasteiger partial charge in [0.2, 0.25) is 0 Å². The van der Waals surface area contributed by atoms with Crippen LogP contribution in [-0.4, -0.2) is 19.9 Å². The molecule has 2 N–H and O–H groups in total. The minimum atomic E-state index is -0.322. The smallest absolute Gasteiger partial charge is 0.343 e. The SMILES string of the molecule is CC(Nc1ncnc2[nH]cnc12)c1oc(=O)c2ccccc2c1C1=CCCCC1. The van der Waals surface area contributed by atoms with Crippen molar-refractivity contribution in [2.75, 3.05) is 5.32 Å². The summed E-state index contributed by atoms with van der Waals surface area (Å²) in [7, 11) is 0. The average Bonchev–Trinajstić information content (AvgIpc) is 3.24. The van der Waals surface area contributed by atoms with Crippen molar-refractivity contribution in [2.45, 2.75) is 38.6 Å². The average molecular weight is 387 g/mol. The number of anilines is 1. The van der Waals surface area contributed by atoms with Gasteiger partial charge in [0.25, 0.3) is 0 Å². The van der Waals surface area contributed by atoms with Crippen LogP contribution in [0.5, 0.6) is 0 Å². The highest BCUT2D eigenvalue weighted by Crippen LogP contribution is 2.36. The van der Waals surface area contributed by atoms with Crippen molar-refractivity contribution in [2.24, 2.45) is 0 Å². The molecule has 0 aliphatic heterocycles. The summed E-state index contributed by atoms with van der Waals surface area (Å²) in [6.45, 7) is 1.97. The van der Waals surface area contributed by atoms with Gasteiger partial charge in [-0.2, -0.15) is 0 Å². The Morgan fingerprint density at radius 2 is 2.00 bits per heavy atom. The first-order valence-corrected chi connectivity index (χ1v) is 9.88. The summed E-state index contributed by atoms with van der Waals surface area (Å²) in [4.78, 5) is 28.5. The third-order valence-electron chi connectivity index (χ3n) is 5.44. The van der Waals surface area contributed by atoms with E-state index in [4.69, 9.17) is 4.42 Å². The van der Waals surface area contributed by atoms with Crippen LogP contribution in [-0.2, 0) is 0 Å². The molecule has 4 aromatic rings. The fourth-order valence-corrected chi connectivity index (χ4v) is 4.06. The van der Waals surface area contributed by atoms with Gasteiger partial charge < -0.3 is 14.7 Å². The number of hydrogen-bond donors (Lipinski definition) is 2. The minimum absolute atomic E-state index is 0.278. The Balaban J connectivity index is 1.66. The second-order valence-corrected chi connectivity index (χ2v) is 7.34. The Morgan fingerprint density at radius 3 is 2.83 bits per heavy atom. The van der Waals surface area contributed by atoms with Crippen LogP contribution in [0.2, 0.25) is 0 Å². The van der Waals surface area contributed by atoms with E-state index in [1.165, 1.54) is 18.3 Å². The number of fused-ring (bicyclic) bond motifs is 2. The predicted molar refractivity (Wildman–Crippen MR) is 113 cm³/mol. The highest BCUT2D eigenvalue weighted by Gasteiger charge is 2.23. The summed E-state index contributed by atoms with van der Waals surface area (Å²) in [6.07, 6.45) is 9.70. The second kappa shape index (κ2) is 7.16. The normalized spacial score (nSPS) is 15.4. The quantitative estimate of drug-likeness (QED) is 0.532. The highest BCUT2D eigenvalue weighted by atomic mass is 16.4. The summed E-state index contributed by atoms with van der Waals surface area (Å²) in [5.41, 5.74) is 3.25. The van der Waals surface area contributed by atoms with E-state index < -0.39 is 0 Å². The van der Waals surface area contributed by atoms with E-state index in [1.54, 1.807) is 6.33 Å². The molecule has 0 bridgehead atoms. The summed E-state index contributed by atoms with van der Waals surface area (Å²) < 4.78 is 5.87. The first kappa shape index (κ1) is 17.6. The second-order valence-electron chi connectivity index (χ2n) is 7.34. The molecule has 1 atom stereocenters. The van der Waals surface area contributed by atoms with E-state index in [2.05, 4.69) is 31.3 Å². The summed E-state index contributed by atoms with van der Waals surface area (Å²) >= 11 is 0. The van der Waals surface area contributed by atoms with Crippen molar-refractivity contribution in [3.05, 3.63) is 64.7 Å². The molecule has 29 heavy (non-hydrogen) atoms. The van der Waals surface area contributed by atoms with Gasteiger partial charge in [-0.3, -0.25) is 0 Å². The number of benzene rings is 1. The molecule has 1 aliphatic rings. The van der Waals surface area contributed by atoms with E-state index in [0.29, 0.717) is 28.1 Å². The summed E-state index contributed by atoms with van der Waals surface area (Å²) in [5.74, 6) is 1.23. The van der Waals surface area contributed by atoms with Crippen LogP contribution in [0.25, 0.3) is 27.5 Å². The van der Waals surface area contributed by atoms with E-state index in [-0.39, 0.29) is 11.7 Å². The van der Waals surface area contributed by atoms with Crippen molar-refractivity contribution >= 4 is 33.3 Å². The Morgan fingerprint density at radius 1 is 1.14 bits per heavy atom. The molecule has 1 unspecified atom stereocenters. The molecule has 0 fully saturated rings. The Bertz CT molecular complexity index is 1290. The van der Waals surface area contributed by atoms with Crippen LogP contribution >= 0.6 is 0 Å². The van der Waals surface area contributed by atoms with Gasteiger partial charge in [0.1, 0.15) is 17.6 Å². The lowest BCUT2D eigenvalue weighted by Crippen LogP contribution is -2.15. The molecule has 0 saturated carbocycles. The van der Waals surface area contributed by atoms with Crippen molar-refractivity contribution < 1.29 is 4.42 Å². The van der Waals surface area contributed by atoms with Gasteiger partial charge in [0, 0.05) is 5.56 Å². The van der Waals surface area contributed by atoms with E-state index in [9.17, 15) is 4.79 Å².